The van der Waals surface area contributed by atoms with Crippen molar-refractivity contribution in [3.8, 4) is 5.75 Å². The van der Waals surface area contributed by atoms with Gasteiger partial charge in [-0.25, -0.2) is 0 Å². The zero-order valence-corrected chi connectivity index (χ0v) is 18.2. The number of nitrogens with zero attached hydrogens (tertiary/aromatic N) is 1. The average molecular weight is 434 g/mol. The quantitative estimate of drug-likeness (QED) is 0.489. The van der Waals surface area contributed by atoms with Gasteiger partial charge in [-0.2, -0.15) is 0 Å². The third-order valence-electron chi connectivity index (χ3n) is 4.69. The van der Waals surface area contributed by atoms with E-state index in [-0.39, 0.29) is 17.1 Å². The predicted octanol–water partition coefficient (Wildman–Crippen LogP) is 4.68. The molecule has 2 aromatic rings. The number of hydrogen-bond donors (Lipinski definition) is 0. The minimum atomic E-state index is -0.944. The Kier molecular flexibility index (Phi) is 7.09. The Bertz CT molecular complexity index is 873. The van der Waals surface area contributed by atoms with Crippen LogP contribution < -0.4 is 9.64 Å². The molecule has 0 fully saturated rings. The number of ether oxygens (including phenoxy) is 2. The second-order valence-electron chi connectivity index (χ2n) is 7.02. The molecular formula is C22H24ClNO4S. The molecule has 3 atom stereocenters. The number of amides is 1. The summed E-state index contributed by atoms with van der Waals surface area (Å²) in [5, 5.41) is -0.380. The number of carbonyl (C=O) groups is 2. The largest absolute Gasteiger partial charge is 0.497 e. The fourth-order valence-electron chi connectivity index (χ4n) is 3.26. The normalized spacial score (nSPS) is 19.9. The Balaban J connectivity index is 2.08. The number of rotatable bonds is 6. The lowest BCUT2D eigenvalue weighted by atomic mass is 10.0. The van der Waals surface area contributed by atoms with Gasteiger partial charge in [0.1, 0.15) is 5.75 Å². The van der Waals surface area contributed by atoms with Gasteiger partial charge in [-0.15, -0.1) is 23.4 Å². The van der Waals surface area contributed by atoms with Crippen molar-refractivity contribution < 1.29 is 19.1 Å². The summed E-state index contributed by atoms with van der Waals surface area (Å²) in [7, 11) is 1.60. The molecule has 5 nitrogen and oxygen atoms in total. The molecule has 1 heterocycles. The van der Waals surface area contributed by atoms with Crippen molar-refractivity contribution in [2.45, 2.75) is 30.1 Å². The molecule has 7 heteroatoms. The summed E-state index contributed by atoms with van der Waals surface area (Å²) in [5.74, 6) is 0.517. The number of carbonyl (C=O) groups excluding carboxylic acids is 2. The zero-order valence-electron chi connectivity index (χ0n) is 16.6. The first-order valence-corrected chi connectivity index (χ1v) is 10.8. The van der Waals surface area contributed by atoms with Crippen molar-refractivity contribution in [3.63, 3.8) is 0 Å². The third-order valence-corrected chi connectivity index (χ3v) is 6.59. The lowest BCUT2D eigenvalue weighted by Gasteiger charge is -2.29. The van der Waals surface area contributed by atoms with E-state index in [2.05, 4.69) is 0 Å². The lowest BCUT2D eigenvalue weighted by Crippen LogP contribution is -2.44. The van der Waals surface area contributed by atoms with Gasteiger partial charge in [-0.3, -0.25) is 9.59 Å². The molecule has 0 aliphatic carbocycles. The topological polar surface area (TPSA) is 55.8 Å². The maximum Gasteiger partial charge on any atom is 0.303 e. The summed E-state index contributed by atoms with van der Waals surface area (Å²) in [6, 6.07) is 15.2. The minimum absolute atomic E-state index is 0.0918. The first-order valence-electron chi connectivity index (χ1n) is 9.38. The lowest BCUT2D eigenvalue weighted by molar-refractivity contribution is -0.152. The van der Waals surface area contributed by atoms with E-state index < -0.39 is 12.1 Å². The van der Waals surface area contributed by atoms with Crippen molar-refractivity contribution in [3.05, 3.63) is 54.1 Å². The fourth-order valence-corrected chi connectivity index (χ4v) is 4.67. The first kappa shape index (κ1) is 21.5. The molecule has 0 spiro atoms. The van der Waals surface area contributed by atoms with Crippen molar-refractivity contribution >= 4 is 40.9 Å². The number of halogens is 1. The zero-order chi connectivity index (χ0) is 21.0. The molecule has 154 valence electrons. The standard InChI is InChI=1S/C22H24ClNO4S/c1-14(12-23)13-24-18-6-4-5-7-19(18)29-21(20(22(24)26)28-15(2)25)16-8-10-17(27-3)11-9-16/h4-11,14,20-21H,12-13H2,1-3H3/t14?,20-,21+/m1/s1. The highest BCUT2D eigenvalue weighted by atomic mass is 35.5. The SMILES string of the molecule is COc1ccc([C@@H]2Sc3ccccc3N(CC(C)CCl)C(=O)[C@@H]2OC(C)=O)cc1. The van der Waals surface area contributed by atoms with Gasteiger partial charge >= 0.3 is 5.97 Å². The molecule has 0 radical (unpaired) electrons. The summed E-state index contributed by atoms with van der Waals surface area (Å²) in [6.07, 6.45) is -0.944. The number of hydrogen-bond acceptors (Lipinski definition) is 5. The van der Waals surface area contributed by atoms with Crippen LogP contribution in [0.3, 0.4) is 0 Å². The van der Waals surface area contributed by atoms with Crippen LogP contribution >= 0.6 is 23.4 Å². The van der Waals surface area contributed by atoms with Gasteiger partial charge in [0.15, 0.2) is 6.10 Å². The number of alkyl halides is 1. The molecule has 0 saturated carbocycles. The molecule has 1 amide bonds. The van der Waals surface area contributed by atoms with Crippen molar-refractivity contribution in [2.24, 2.45) is 5.92 Å². The second kappa shape index (κ2) is 9.55. The fraction of sp³-hybridized carbons (Fsp3) is 0.364. The van der Waals surface area contributed by atoms with Crippen molar-refractivity contribution in [2.75, 3.05) is 24.4 Å². The highest BCUT2D eigenvalue weighted by Gasteiger charge is 2.41. The van der Waals surface area contributed by atoms with Crippen LogP contribution in [0.4, 0.5) is 5.69 Å². The van der Waals surface area contributed by atoms with Gasteiger partial charge in [-0.1, -0.05) is 31.2 Å². The number of methoxy groups -OCH3 is 1. The highest BCUT2D eigenvalue weighted by molar-refractivity contribution is 7.99. The molecular weight excluding hydrogens is 410 g/mol. The molecule has 1 unspecified atom stereocenters. The van der Waals surface area contributed by atoms with Crippen LogP contribution in [-0.4, -0.2) is 37.5 Å². The Labute approximate surface area is 180 Å². The molecule has 1 aliphatic heterocycles. The maximum atomic E-state index is 13.6. The van der Waals surface area contributed by atoms with E-state index in [4.69, 9.17) is 21.1 Å². The summed E-state index contributed by atoms with van der Waals surface area (Å²) in [5.41, 5.74) is 1.70. The first-order chi connectivity index (χ1) is 13.9. The molecule has 0 N–H and O–H groups in total. The number of thioether (sulfide) groups is 1. The van der Waals surface area contributed by atoms with Crippen LogP contribution in [0.2, 0.25) is 0 Å². The molecule has 0 aromatic heterocycles. The number of esters is 1. The van der Waals surface area contributed by atoms with E-state index in [0.29, 0.717) is 12.4 Å². The maximum absolute atomic E-state index is 13.6. The molecule has 1 aliphatic rings. The predicted molar refractivity (Wildman–Crippen MR) is 116 cm³/mol. The Hall–Kier alpha value is -2.18. The van der Waals surface area contributed by atoms with E-state index in [1.807, 2.05) is 55.5 Å². The van der Waals surface area contributed by atoms with Gasteiger partial charge in [-0.05, 0) is 35.7 Å². The molecule has 2 aromatic carbocycles. The summed E-state index contributed by atoms with van der Waals surface area (Å²) in [4.78, 5) is 28.1. The molecule has 0 bridgehead atoms. The minimum Gasteiger partial charge on any atom is -0.497 e. The monoisotopic (exact) mass is 433 g/mol. The second-order valence-corrected chi connectivity index (χ2v) is 8.51. The molecule has 3 rings (SSSR count). The number of fused-ring (bicyclic) bond motifs is 1. The van der Waals surface area contributed by atoms with Crippen LogP contribution in [0, 0.1) is 5.92 Å². The summed E-state index contributed by atoms with van der Waals surface area (Å²) < 4.78 is 10.8. The summed E-state index contributed by atoms with van der Waals surface area (Å²) >= 11 is 7.54. The Morgan fingerprint density at radius 3 is 2.52 bits per heavy atom. The van der Waals surface area contributed by atoms with Crippen LogP contribution in [0.15, 0.2) is 53.4 Å². The van der Waals surface area contributed by atoms with E-state index in [0.717, 1.165) is 21.9 Å². The Morgan fingerprint density at radius 2 is 1.90 bits per heavy atom. The van der Waals surface area contributed by atoms with Crippen molar-refractivity contribution in [1.82, 2.24) is 0 Å². The molecule has 29 heavy (non-hydrogen) atoms. The molecule has 0 saturated heterocycles. The van der Waals surface area contributed by atoms with Gasteiger partial charge in [0.25, 0.3) is 5.91 Å². The van der Waals surface area contributed by atoms with Crippen molar-refractivity contribution in [1.29, 1.82) is 0 Å². The average Bonchev–Trinajstić information content (AvgIpc) is 2.84. The number of anilines is 1. The van der Waals surface area contributed by atoms with Crippen LogP contribution in [0.1, 0.15) is 24.7 Å². The van der Waals surface area contributed by atoms with Gasteiger partial charge in [0, 0.05) is 24.2 Å². The highest BCUT2D eigenvalue weighted by Crippen LogP contribution is 2.47. The van der Waals surface area contributed by atoms with Crippen LogP contribution in [-0.2, 0) is 14.3 Å². The number of benzene rings is 2. The van der Waals surface area contributed by atoms with Crippen LogP contribution in [0.25, 0.3) is 0 Å². The third kappa shape index (κ3) is 4.87. The summed E-state index contributed by atoms with van der Waals surface area (Å²) in [6.45, 7) is 3.77. The van der Waals surface area contributed by atoms with E-state index >= 15 is 0 Å². The van der Waals surface area contributed by atoms with E-state index in [1.54, 1.807) is 12.0 Å². The number of para-hydroxylation sites is 1. The van der Waals surface area contributed by atoms with Crippen LogP contribution in [0.5, 0.6) is 5.75 Å². The van der Waals surface area contributed by atoms with E-state index in [9.17, 15) is 9.59 Å². The van der Waals surface area contributed by atoms with E-state index in [1.165, 1.54) is 18.7 Å². The van der Waals surface area contributed by atoms with Gasteiger partial charge in [0.05, 0.1) is 18.0 Å². The smallest absolute Gasteiger partial charge is 0.303 e. The van der Waals surface area contributed by atoms with Gasteiger partial charge < -0.3 is 14.4 Å². The Morgan fingerprint density at radius 1 is 1.21 bits per heavy atom. The van der Waals surface area contributed by atoms with Gasteiger partial charge in [0.2, 0.25) is 0 Å².